The molecule has 3 rings (SSSR count). The van der Waals surface area contributed by atoms with Crippen LogP contribution in [0.1, 0.15) is 52.8 Å². The second-order valence-corrected chi connectivity index (χ2v) is 8.05. The maximum atomic E-state index is 12.2. The molecular formula is C16H20N2O4S. The summed E-state index contributed by atoms with van der Waals surface area (Å²) < 4.78 is 27.0. The number of hydrogen-bond donors (Lipinski definition) is 1. The van der Waals surface area contributed by atoms with E-state index in [0.717, 1.165) is 24.2 Å². The molecule has 0 atom stereocenters. The molecule has 1 saturated carbocycles. The van der Waals surface area contributed by atoms with Gasteiger partial charge in [-0.05, 0) is 25.0 Å². The summed E-state index contributed by atoms with van der Waals surface area (Å²) >= 11 is 0. The minimum Gasteiger partial charge on any atom is -0.273 e. The van der Waals surface area contributed by atoms with Crippen molar-refractivity contribution in [2.45, 2.75) is 37.4 Å². The number of benzene rings is 1. The van der Waals surface area contributed by atoms with Crippen molar-refractivity contribution in [1.82, 2.24) is 9.62 Å². The third kappa shape index (κ3) is 3.16. The van der Waals surface area contributed by atoms with Crippen LogP contribution in [0.4, 0.5) is 0 Å². The highest BCUT2D eigenvalue weighted by Gasteiger charge is 2.35. The van der Waals surface area contributed by atoms with Crippen molar-refractivity contribution in [3.05, 3.63) is 35.4 Å². The molecule has 0 unspecified atom stereocenters. The molecule has 7 heteroatoms. The van der Waals surface area contributed by atoms with Crippen LogP contribution in [0.2, 0.25) is 0 Å². The normalized spacial score (nSPS) is 19.2. The Labute approximate surface area is 135 Å². The number of sulfonamides is 1. The van der Waals surface area contributed by atoms with Gasteiger partial charge in [0.1, 0.15) is 0 Å². The van der Waals surface area contributed by atoms with Crippen molar-refractivity contribution in [2.24, 2.45) is 0 Å². The quantitative estimate of drug-likeness (QED) is 0.827. The fourth-order valence-corrected chi connectivity index (χ4v) is 4.80. The lowest BCUT2D eigenvalue weighted by molar-refractivity contribution is 0.0657. The van der Waals surface area contributed by atoms with Crippen molar-refractivity contribution in [2.75, 3.05) is 13.1 Å². The highest BCUT2D eigenvalue weighted by atomic mass is 32.2. The van der Waals surface area contributed by atoms with Crippen molar-refractivity contribution in [3.63, 3.8) is 0 Å². The fraction of sp³-hybridized carbons (Fsp3) is 0.500. The first-order valence-corrected chi connectivity index (χ1v) is 9.49. The summed E-state index contributed by atoms with van der Waals surface area (Å²) in [5.41, 5.74) is 0.764. The molecule has 23 heavy (non-hydrogen) atoms. The predicted molar refractivity (Wildman–Crippen MR) is 85.6 cm³/mol. The van der Waals surface area contributed by atoms with Crippen LogP contribution in [0.3, 0.4) is 0 Å². The number of amides is 2. The molecule has 2 aliphatic rings. The number of hydrogen-bond acceptors (Lipinski definition) is 4. The van der Waals surface area contributed by atoms with Gasteiger partial charge in [-0.15, -0.1) is 0 Å². The number of carbonyl (C=O) groups is 2. The maximum absolute atomic E-state index is 12.2. The van der Waals surface area contributed by atoms with E-state index in [1.807, 2.05) is 0 Å². The molecule has 1 fully saturated rings. The smallest absolute Gasteiger partial charge is 0.261 e. The summed E-state index contributed by atoms with van der Waals surface area (Å²) in [4.78, 5) is 25.5. The van der Waals surface area contributed by atoms with Crippen LogP contribution in [0.25, 0.3) is 0 Å². The summed E-state index contributed by atoms with van der Waals surface area (Å²) in [6.45, 7) is 0.114. The summed E-state index contributed by atoms with van der Waals surface area (Å²) in [6, 6.07) is 6.64. The van der Waals surface area contributed by atoms with Gasteiger partial charge in [0, 0.05) is 13.1 Å². The van der Waals surface area contributed by atoms with E-state index in [9.17, 15) is 18.0 Å². The molecule has 1 aliphatic heterocycles. The molecule has 0 bridgehead atoms. The van der Waals surface area contributed by atoms with E-state index in [1.165, 1.54) is 0 Å². The van der Waals surface area contributed by atoms with Gasteiger partial charge in [0.2, 0.25) is 10.0 Å². The highest BCUT2D eigenvalue weighted by molar-refractivity contribution is 7.90. The van der Waals surface area contributed by atoms with Crippen LogP contribution in [-0.2, 0) is 10.0 Å². The average molecular weight is 336 g/mol. The monoisotopic (exact) mass is 336 g/mol. The minimum atomic E-state index is -3.38. The molecule has 1 aromatic carbocycles. The van der Waals surface area contributed by atoms with E-state index < -0.39 is 10.0 Å². The summed E-state index contributed by atoms with van der Waals surface area (Å²) in [7, 11) is -3.38. The van der Waals surface area contributed by atoms with Crippen molar-refractivity contribution in [3.8, 4) is 0 Å². The van der Waals surface area contributed by atoms with Gasteiger partial charge in [0.15, 0.2) is 0 Å². The SMILES string of the molecule is O=C1c2ccccc2C(=O)N1CCNS(=O)(=O)C1CCCCC1. The van der Waals surface area contributed by atoms with Crippen LogP contribution < -0.4 is 4.72 Å². The van der Waals surface area contributed by atoms with E-state index in [0.29, 0.717) is 24.0 Å². The Kier molecular flexibility index (Phi) is 4.50. The molecule has 0 saturated heterocycles. The van der Waals surface area contributed by atoms with Crippen molar-refractivity contribution >= 4 is 21.8 Å². The third-order valence-electron chi connectivity index (χ3n) is 4.51. The molecule has 1 aliphatic carbocycles. The van der Waals surface area contributed by atoms with Crippen LogP contribution in [0.5, 0.6) is 0 Å². The summed E-state index contributed by atoms with van der Waals surface area (Å²) in [5.74, 6) is -0.718. The van der Waals surface area contributed by atoms with Gasteiger partial charge in [0.25, 0.3) is 11.8 Å². The van der Waals surface area contributed by atoms with Crippen LogP contribution in [0, 0.1) is 0 Å². The number of imide groups is 1. The zero-order valence-corrected chi connectivity index (χ0v) is 13.6. The lowest BCUT2D eigenvalue weighted by Gasteiger charge is -2.22. The third-order valence-corrected chi connectivity index (χ3v) is 6.46. The molecule has 1 heterocycles. The van der Waals surface area contributed by atoms with E-state index in [-0.39, 0.29) is 30.2 Å². The van der Waals surface area contributed by atoms with Gasteiger partial charge in [0.05, 0.1) is 16.4 Å². The van der Waals surface area contributed by atoms with Gasteiger partial charge in [-0.25, -0.2) is 13.1 Å². The van der Waals surface area contributed by atoms with Gasteiger partial charge >= 0.3 is 0 Å². The number of nitrogens with zero attached hydrogens (tertiary/aromatic N) is 1. The number of fused-ring (bicyclic) bond motifs is 1. The largest absolute Gasteiger partial charge is 0.273 e. The molecule has 0 spiro atoms. The zero-order chi connectivity index (χ0) is 16.4. The molecule has 0 radical (unpaired) electrons. The highest BCUT2D eigenvalue weighted by Crippen LogP contribution is 2.24. The second kappa shape index (κ2) is 6.41. The zero-order valence-electron chi connectivity index (χ0n) is 12.8. The molecule has 2 amide bonds. The van der Waals surface area contributed by atoms with E-state index in [1.54, 1.807) is 24.3 Å². The lowest BCUT2D eigenvalue weighted by Crippen LogP contribution is -2.41. The minimum absolute atomic E-state index is 0.0539. The molecule has 124 valence electrons. The van der Waals surface area contributed by atoms with E-state index >= 15 is 0 Å². The maximum Gasteiger partial charge on any atom is 0.261 e. The van der Waals surface area contributed by atoms with E-state index in [4.69, 9.17) is 0 Å². The van der Waals surface area contributed by atoms with Crippen LogP contribution in [0.15, 0.2) is 24.3 Å². The van der Waals surface area contributed by atoms with Crippen LogP contribution >= 0.6 is 0 Å². The first-order chi connectivity index (χ1) is 11.0. The van der Waals surface area contributed by atoms with Gasteiger partial charge in [-0.2, -0.15) is 0 Å². The Morgan fingerprint density at radius 3 is 2.13 bits per heavy atom. The topological polar surface area (TPSA) is 83.6 Å². The first-order valence-electron chi connectivity index (χ1n) is 7.94. The average Bonchev–Trinajstić information content (AvgIpc) is 2.81. The van der Waals surface area contributed by atoms with Crippen molar-refractivity contribution in [1.29, 1.82) is 0 Å². The molecule has 1 aromatic rings. The van der Waals surface area contributed by atoms with Crippen molar-refractivity contribution < 1.29 is 18.0 Å². The molecule has 6 nitrogen and oxygen atoms in total. The molecular weight excluding hydrogens is 316 g/mol. The van der Waals surface area contributed by atoms with Crippen LogP contribution in [-0.4, -0.2) is 43.5 Å². The Morgan fingerprint density at radius 1 is 1.00 bits per heavy atom. The van der Waals surface area contributed by atoms with E-state index in [2.05, 4.69) is 4.72 Å². The number of rotatable bonds is 5. The predicted octanol–water partition coefficient (Wildman–Crippen LogP) is 1.53. The summed E-state index contributed by atoms with van der Waals surface area (Å²) in [6.07, 6.45) is 4.32. The van der Waals surface area contributed by atoms with Gasteiger partial charge in [-0.3, -0.25) is 14.5 Å². The second-order valence-electron chi connectivity index (χ2n) is 6.01. The Balaban J connectivity index is 1.59. The Morgan fingerprint density at radius 2 is 1.57 bits per heavy atom. The number of carbonyl (C=O) groups excluding carboxylic acids is 2. The lowest BCUT2D eigenvalue weighted by atomic mass is 10.0. The molecule has 1 N–H and O–H groups in total. The summed E-state index contributed by atoms with van der Waals surface area (Å²) in [5, 5.41) is -0.349. The Bertz CT molecular complexity index is 688. The standard InChI is InChI=1S/C16H20N2O4S/c19-15-13-8-4-5-9-14(13)16(20)18(15)11-10-17-23(21,22)12-6-2-1-3-7-12/h4-5,8-9,12,17H,1-3,6-7,10-11H2. The molecule has 0 aromatic heterocycles. The van der Waals surface area contributed by atoms with Gasteiger partial charge < -0.3 is 0 Å². The van der Waals surface area contributed by atoms with Gasteiger partial charge in [-0.1, -0.05) is 31.4 Å². The number of nitrogens with one attached hydrogen (secondary N) is 1. The Hall–Kier alpha value is -1.73. The first kappa shape index (κ1) is 16.1. The fourth-order valence-electron chi connectivity index (χ4n) is 3.24.